The third-order valence-electron chi connectivity index (χ3n) is 1.59. The predicted octanol–water partition coefficient (Wildman–Crippen LogP) is 3.75. The van der Waals surface area contributed by atoms with Crippen LogP contribution in [-0.4, -0.2) is 12.4 Å². The first-order valence-electron chi connectivity index (χ1n) is 3.86. The Hall–Kier alpha value is -0.430. The van der Waals surface area contributed by atoms with Crippen molar-refractivity contribution in [1.82, 2.24) is 0 Å². The summed E-state index contributed by atoms with van der Waals surface area (Å²) in [5.41, 5.74) is -0.0163. The highest BCUT2D eigenvalue weighted by molar-refractivity contribution is 14.1. The molecule has 0 bridgehead atoms. The molecule has 0 aliphatic heterocycles. The van der Waals surface area contributed by atoms with Crippen molar-refractivity contribution in [1.29, 1.82) is 0 Å². The zero-order chi connectivity index (χ0) is 11.6. The summed E-state index contributed by atoms with van der Waals surface area (Å²) in [5, 5.41) is 0.116. The van der Waals surface area contributed by atoms with E-state index < -0.39 is 12.4 Å². The minimum Gasteiger partial charge on any atom is -0.434 e. The first-order valence-corrected chi connectivity index (χ1v) is 5.32. The molecule has 15 heavy (non-hydrogen) atoms. The minimum absolute atomic E-state index is 0.0163. The summed E-state index contributed by atoms with van der Waals surface area (Å²) in [6.45, 7) is -1.73. The molecule has 0 atom stereocenters. The molecule has 0 N–H and O–H groups in total. The van der Waals surface area contributed by atoms with Crippen LogP contribution in [0.1, 0.15) is 17.3 Å². The number of Topliss-reactive ketones (excluding diaryl/α,β-unsaturated/α-hetero) is 1. The van der Waals surface area contributed by atoms with Gasteiger partial charge in [-0.2, -0.15) is 8.78 Å². The summed E-state index contributed by atoms with van der Waals surface area (Å²) < 4.78 is 28.9. The van der Waals surface area contributed by atoms with Gasteiger partial charge < -0.3 is 4.74 Å². The number of carbonyl (C=O) groups excluding carboxylic acids is 1. The maximum Gasteiger partial charge on any atom is 0.387 e. The van der Waals surface area contributed by atoms with E-state index in [2.05, 4.69) is 4.74 Å². The lowest BCUT2D eigenvalue weighted by Crippen LogP contribution is -2.07. The third-order valence-corrected chi connectivity index (χ3v) is 2.51. The molecular weight excluding hydrogens is 340 g/mol. The van der Waals surface area contributed by atoms with Crippen LogP contribution < -0.4 is 4.74 Å². The molecule has 82 valence electrons. The van der Waals surface area contributed by atoms with Crippen molar-refractivity contribution in [3.63, 3.8) is 0 Å². The average molecular weight is 346 g/mol. The number of ketones is 1. The van der Waals surface area contributed by atoms with Crippen molar-refractivity contribution in [2.45, 2.75) is 13.5 Å². The number of benzene rings is 1. The van der Waals surface area contributed by atoms with Gasteiger partial charge in [0.2, 0.25) is 0 Å². The number of halogens is 4. The maximum atomic E-state index is 12.0. The Morgan fingerprint density at radius 1 is 1.53 bits per heavy atom. The van der Waals surface area contributed by atoms with Crippen LogP contribution in [0.2, 0.25) is 5.02 Å². The van der Waals surface area contributed by atoms with Crippen molar-refractivity contribution >= 4 is 40.0 Å². The minimum atomic E-state index is -2.97. The second-order valence-corrected chi connectivity index (χ2v) is 4.35. The van der Waals surface area contributed by atoms with Crippen LogP contribution in [0.3, 0.4) is 0 Å². The van der Waals surface area contributed by atoms with E-state index in [-0.39, 0.29) is 16.3 Å². The third kappa shape index (κ3) is 3.27. The van der Waals surface area contributed by atoms with E-state index in [0.29, 0.717) is 3.57 Å². The fourth-order valence-corrected chi connectivity index (χ4v) is 2.20. The molecule has 1 rings (SSSR count). The van der Waals surface area contributed by atoms with Crippen LogP contribution in [0.5, 0.6) is 5.75 Å². The van der Waals surface area contributed by atoms with Gasteiger partial charge in [0.05, 0.1) is 10.6 Å². The van der Waals surface area contributed by atoms with Gasteiger partial charge in [0.15, 0.2) is 5.78 Å². The van der Waals surface area contributed by atoms with Crippen LogP contribution in [-0.2, 0) is 0 Å². The molecule has 0 aliphatic rings. The molecule has 1 aromatic rings. The van der Waals surface area contributed by atoms with Gasteiger partial charge in [-0.05, 0) is 41.6 Å². The highest BCUT2D eigenvalue weighted by Crippen LogP contribution is 2.30. The fraction of sp³-hybridized carbons (Fsp3) is 0.222. The lowest BCUT2D eigenvalue weighted by Gasteiger charge is -2.10. The molecule has 0 saturated heterocycles. The Morgan fingerprint density at radius 2 is 2.13 bits per heavy atom. The normalized spacial score (nSPS) is 10.5. The van der Waals surface area contributed by atoms with Gasteiger partial charge in [0.1, 0.15) is 5.75 Å². The monoisotopic (exact) mass is 346 g/mol. The van der Waals surface area contributed by atoms with Crippen molar-refractivity contribution < 1.29 is 18.3 Å². The van der Waals surface area contributed by atoms with E-state index in [9.17, 15) is 13.6 Å². The van der Waals surface area contributed by atoms with E-state index in [1.54, 1.807) is 0 Å². The molecule has 1 aromatic carbocycles. The molecule has 0 amide bonds. The van der Waals surface area contributed by atoms with Gasteiger partial charge in [0, 0.05) is 3.57 Å². The zero-order valence-corrected chi connectivity index (χ0v) is 10.5. The number of rotatable bonds is 3. The molecule has 0 radical (unpaired) electrons. The average Bonchev–Trinajstić information content (AvgIpc) is 1.99. The molecule has 0 aliphatic carbocycles. The zero-order valence-electron chi connectivity index (χ0n) is 7.56. The van der Waals surface area contributed by atoms with Gasteiger partial charge >= 0.3 is 6.61 Å². The van der Waals surface area contributed by atoms with Crippen LogP contribution in [0, 0.1) is 3.57 Å². The second-order valence-electron chi connectivity index (χ2n) is 2.70. The fourth-order valence-electron chi connectivity index (χ4n) is 1.08. The first kappa shape index (κ1) is 12.6. The number of alkyl halides is 2. The Balaban J connectivity index is 3.27. The summed E-state index contributed by atoms with van der Waals surface area (Å²) in [6.07, 6.45) is 0. The number of hydrogen-bond acceptors (Lipinski definition) is 2. The summed E-state index contributed by atoms with van der Waals surface area (Å²) >= 11 is 7.66. The number of ether oxygens (including phenoxy) is 1. The molecule has 0 unspecified atom stereocenters. The Morgan fingerprint density at radius 3 is 2.60 bits per heavy atom. The molecule has 0 saturated carbocycles. The molecular formula is C9H6ClF2IO2. The highest BCUT2D eigenvalue weighted by Gasteiger charge is 2.17. The van der Waals surface area contributed by atoms with E-state index in [0.717, 1.165) is 0 Å². The smallest absolute Gasteiger partial charge is 0.387 e. The standard InChI is InChI=1S/C9H6ClF2IO2/c1-4(14)8-6(10)2-5(13)3-7(8)15-9(11)12/h2-3,9H,1H3. The van der Waals surface area contributed by atoms with Crippen molar-refractivity contribution in [2.24, 2.45) is 0 Å². The van der Waals surface area contributed by atoms with E-state index in [4.69, 9.17) is 11.6 Å². The Bertz CT molecular complexity index is 396. The van der Waals surface area contributed by atoms with Crippen molar-refractivity contribution in [3.05, 3.63) is 26.3 Å². The lowest BCUT2D eigenvalue weighted by molar-refractivity contribution is -0.0501. The van der Waals surface area contributed by atoms with Crippen LogP contribution in [0.4, 0.5) is 8.78 Å². The van der Waals surface area contributed by atoms with Gasteiger partial charge in [-0.3, -0.25) is 4.79 Å². The topological polar surface area (TPSA) is 26.3 Å². The maximum absolute atomic E-state index is 12.0. The van der Waals surface area contributed by atoms with Crippen molar-refractivity contribution in [3.8, 4) is 5.75 Å². The van der Waals surface area contributed by atoms with Crippen LogP contribution in [0.25, 0.3) is 0 Å². The quantitative estimate of drug-likeness (QED) is 0.615. The highest BCUT2D eigenvalue weighted by atomic mass is 127. The second kappa shape index (κ2) is 5.07. The molecule has 0 fully saturated rings. The van der Waals surface area contributed by atoms with Gasteiger partial charge in [-0.15, -0.1) is 0 Å². The molecule has 6 heteroatoms. The van der Waals surface area contributed by atoms with E-state index in [1.165, 1.54) is 19.1 Å². The molecule has 0 heterocycles. The SMILES string of the molecule is CC(=O)c1c(Cl)cc(I)cc1OC(F)F. The molecule has 0 aromatic heterocycles. The Labute approximate surface area is 104 Å². The summed E-state index contributed by atoms with van der Waals surface area (Å²) in [4.78, 5) is 11.2. The summed E-state index contributed by atoms with van der Waals surface area (Å²) in [7, 11) is 0. The van der Waals surface area contributed by atoms with Crippen molar-refractivity contribution in [2.75, 3.05) is 0 Å². The lowest BCUT2D eigenvalue weighted by atomic mass is 10.1. The predicted molar refractivity (Wildman–Crippen MR) is 60.8 cm³/mol. The summed E-state index contributed by atoms with van der Waals surface area (Å²) in [5.74, 6) is -0.596. The first-order chi connectivity index (χ1) is 6.91. The number of carbonyl (C=O) groups is 1. The van der Waals surface area contributed by atoms with Crippen LogP contribution >= 0.6 is 34.2 Å². The molecule has 0 spiro atoms. The van der Waals surface area contributed by atoms with Crippen LogP contribution in [0.15, 0.2) is 12.1 Å². The summed E-state index contributed by atoms with van der Waals surface area (Å²) in [6, 6.07) is 2.85. The van der Waals surface area contributed by atoms with Gasteiger partial charge in [-0.25, -0.2) is 0 Å². The number of hydrogen-bond donors (Lipinski definition) is 0. The van der Waals surface area contributed by atoms with E-state index >= 15 is 0 Å². The van der Waals surface area contributed by atoms with Gasteiger partial charge in [0.25, 0.3) is 0 Å². The largest absolute Gasteiger partial charge is 0.434 e. The van der Waals surface area contributed by atoms with E-state index in [1.807, 2.05) is 22.6 Å². The van der Waals surface area contributed by atoms with Gasteiger partial charge in [-0.1, -0.05) is 11.6 Å². The Kier molecular flexibility index (Phi) is 4.27. The molecule has 2 nitrogen and oxygen atoms in total.